The van der Waals surface area contributed by atoms with Gasteiger partial charge in [0.1, 0.15) is 5.84 Å². The minimum absolute atomic E-state index is 0.124. The molecule has 0 fully saturated rings. The number of hydrogen-bond donors (Lipinski definition) is 2. The molecule has 7 heteroatoms. The predicted octanol–water partition coefficient (Wildman–Crippen LogP) is 5.96. The van der Waals surface area contributed by atoms with Crippen molar-refractivity contribution in [1.82, 2.24) is 10.3 Å². The largest absolute Gasteiger partial charge is 0.357 e. The summed E-state index contributed by atoms with van der Waals surface area (Å²) >= 11 is 3.03. The Bertz CT molecular complexity index is 1300. The van der Waals surface area contributed by atoms with Gasteiger partial charge < -0.3 is 10.6 Å². The molecule has 1 amide bonds. The second-order valence-corrected chi connectivity index (χ2v) is 9.55. The van der Waals surface area contributed by atoms with Crippen LogP contribution in [0.15, 0.2) is 100 Å². The summed E-state index contributed by atoms with van der Waals surface area (Å²) in [5, 5.41) is 6.42. The van der Waals surface area contributed by atoms with Gasteiger partial charge in [-0.3, -0.25) is 4.79 Å². The average molecular weight is 457 g/mol. The van der Waals surface area contributed by atoms with E-state index in [-0.39, 0.29) is 17.6 Å². The van der Waals surface area contributed by atoms with Crippen LogP contribution in [0.1, 0.15) is 11.5 Å². The molecule has 0 radical (unpaired) electrons. The van der Waals surface area contributed by atoms with E-state index in [2.05, 4.69) is 22.2 Å². The van der Waals surface area contributed by atoms with Gasteiger partial charge in [0.25, 0.3) is 0 Å². The summed E-state index contributed by atoms with van der Waals surface area (Å²) in [6.07, 6.45) is 0. The van der Waals surface area contributed by atoms with Crippen molar-refractivity contribution in [2.75, 3.05) is 11.1 Å². The van der Waals surface area contributed by atoms with Crippen LogP contribution < -0.4 is 10.6 Å². The summed E-state index contributed by atoms with van der Waals surface area (Å²) in [6, 6.07) is 25.7. The number of carbonyl (C=O) groups excluding carboxylic acids is 1. The van der Waals surface area contributed by atoms with Crippen LogP contribution in [-0.4, -0.2) is 22.5 Å². The van der Waals surface area contributed by atoms with Gasteiger partial charge >= 0.3 is 0 Å². The molecule has 0 saturated heterocycles. The third kappa shape index (κ3) is 4.30. The van der Waals surface area contributed by atoms with Crippen LogP contribution >= 0.6 is 23.1 Å². The number of amidine groups is 1. The van der Waals surface area contributed by atoms with Gasteiger partial charge in [0.2, 0.25) is 5.91 Å². The number of hydrogen-bond acceptors (Lipinski definition) is 6. The zero-order valence-electron chi connectivity index (χ0n) is 17.1. The Morgan fingerprint density at radius 2 is 1.78 bits per heavy atom. The highest BCUT2D eigenvalue weighted by molar-refractivity contribution is 8.01. The van der Waals surface area contributed by atoms with Crippen LogP contribution in [0.25, 0.3) is 10.2 Å². The molecule has 0 bridgehead atoms. The lowest BCUT2D eigenvalue weighted by atomic mass is 9.94. The van der Waals surface area contributed by atoms with Crippen molar-refractivity contribution in [2.45, 2.75) is 10.3 Å². The fourth-order valence-electron chi connectivity index (χ4n) is 3.61. The molecule has 1 aliphatic rings. The molecule has 4 aromatic rings. The summed E-state index contributed by atoms with van der Waals surface area (Å²) in [7, 11) is 0. The maximum Gasteiger partial charge on any atom is 0.235 e. The lowest BCUT2D eigenvalue weighted by Gasteiger charge is -2.21. The van der Waals surface area contributed by atoms with E-state index in [0.717, 1.165) is 37.2 Å². The number of nitrogens with one attached hydrogen (secondary N) is 2. The third-order valence-electron chi connectivity index (χ3n) is 5.06. The Kier molecular flexibility index (Phi) is 5.75. The summed E-state index contributed by atoms with van der Waals surface area (Å²) in [5.74, 6) is 0.414. The number of nitrogens with zero attached hydrogens (tertiary/aromatic N) is 2. The maximum absolute atomic E-state index is 12.9. The number of amides is 1. The molecule has 0 spiro atoms. The predicted molar refractivity (Wildman–Crippen MR) is 134 cm³/mol. The fraction of sp³-hybridized carbons (Fsp3) is 0.0800. The maximum atomic E-state index is 12.9. The Morgan fingerprint density at radius 1 is 1.03 bits per heavy atom. The lowest BCUT2D eigenvalue weighted by Crippen LogP contribution is -2.36. The van der Waals surface area contributed by atoms with Crippen molar-refractivity contribution < 1.29 is 4.79 Å². The number of rotatable bonds is 4. The fourth-order valence-corrected chi connectivity index (χ4v) is 5.47. The van der Waals surface area contributed by atoms with E-state index in [1.165, 1.54) is 11.8 Å². The first-order valence-corrected chi connectivity index (χ1v) is 11.9. The molecule has 5 rings (SSSR count). The molecular weight excluding hydrogens is 436 g/mol. The van der Waals surface area contributed by atoms with Crippen molar-refractivity contribution in [2.24, 2.45) is 4.99 Å². The van der Waals surface area contributed by atoms with Crippen molar-refractivity contribution >= 4 is 56.4 Å². The Labute approximate surface area is 194 Å². The first-order valence-electron chi connectivity index (χ1n) is 10.1. The van der Waals surface area contributed by atoms with Crippen LogP contribution in [-0.2, 0) is 4.79 Å². The number of thioether (sulfide) groups is 1. The molecular formula is C25H20N4OS2. The van der Waals surface area contributed by atoms with Crippen molar-refractivity contribution in [3.05, 3.63) is 96.7 Å². The number of aromatic nitrogens is 1. The van der Waals surface area contributed by atoms with E-state index in [9.17, 15) is 4.79 Å². The summed E-state index contributed by atoms with van der Waals surface area (Å²) in [6.45, 7) is 4.25. The molecule has 0 saturated carbocycles. The van der Waals surface area contributed by atoms with Gasteiger partial charge in [0.15, 0.2) is 4.34 Å². The van der Waals surface area contributed by atoms with Crippen LogP contribution in [0.2, 0.25) is 0 Å². The van der Waals surface area contributed by atoms with Gasteiger partial charge in [-0.05, 0) is 29.8 Å². The van der Waals surface area contributed by atoms with Crippen molar-refractivity contribution in [3.8, 4) is 0 Å². The standard InChI is InChI=1S/C25H20N4OS2/c1-16-23(17-9-3-2-4-10-17)24(27-19-12-6-5-11-18(19)26-16)29-22(30)15-31-25-28-20-13-7-8-14-21(20)32-25/h2-14,23,26H,1,15H2,(H,27,29,30). The number of para-hydroxylation sites is 3. The highest BCUT2D eigenvalue weighted by atomic mass is 32.2. The van der Waals surface area contributed by atoms with Crippen LogP contribution in [0.5, 0.6) is 0 Å². The normalized spacial score (nSPS) is 15.4. The van der Waals surface area contributed by atoms with Gasteiger partial charge in [-0.25, -0.2) is 9.98 Å². The molecule has 1 aromatic heterocycles. The van der Waals surface area contributed by atoms with Gasteiger partial charge in [-0.15, -0.1) is 11.3 Å². The quantitative estimate of drug-likeness (QED) is 0.372. The number of thiazole rings is 1. The monoisotopic (exact) mass is 456 g/mol. The van der Waals surface area contributed by atoms with E-state index >= 15 is 0 Å². The van der Waals surface area contributed by atoms with E-state index in [4.69, 9.17) is 4.99 Å². The summed E-state index contributed by atoms with van der Waals surface area (Å²) in [4.78, 5) is 22.3. The zero-order valence-corrected chi connectivity index (χ0v) is 18.7. The molecule has 158 valence electrons. The third-order valence-corrected chi connectivity index (χ3v) is 7.24. The van der Waals surface area contributed by atoms with Crippen molar-refractivity contribution in [3.63, 3.8) is 0 Å². The summed E-state index contributed by atoms with van der Waals surface area (Å²) < 4.78 is 1.99. The number of anilines is 1. The highest BCUT2D eigenvalue weighted by Gasteiger charge is 2.27. The van der Waals surface area contributed by atoms with E-state index in [1.54, 1.807) is 11.3 Å². The smallest absolute Gasteiger partial charge is 0.235 e. The van der Waals surface area contributed by atoms with Crippen LogP contribution in [0, 0.1) is 0 Å². The molecule has 0 aliphatic carbocycles. The second-order valence-electron chi connectivity index (χ2n) is 7.29. The van der Waals surface area contributed by atoms with E-state index in [1.807, 2.05) is 78.9 Å². The van der Waals surface area contributed by atoms with Crippen molar-refractivity contribution in [1.29, 1.82) is 0 Å². The van der Waals surface area contributed by atoms with E-state index < -0.39 is 0 Å². The number of carbonyl (C=O) groups is 1. The lowest BCUT2D eigenvalue weighted by molar-refractivity contribution is -0.117. The number of benzene rings is 3. The summed E-state index contributed by atoms with van der Waals surface area (Å²) in [5.41, 5.74) is 4.36. The zero-order chi connectivity index (χ0) is 21.9. The van der Waals surface area contributed by atoms with Crippen LogP contribution in [0.4, 0.5) is 11.4 Å². The van der Waals surface area contributed by atoms with Gasteiger partial charge in [-0.1, -0.05) is 72.9 Å². The Balaban J connectivity index is 1.39. The number of fused-ring (bicyclic) bond motifs is 2. The molecule has 1 aliphatic heterocycles. The molecule has 3 aromatic carbocycles. The van der Waals surface area contributed by atoms with Gasteiger partial charge in [0, 0.05) is 5.70 Å². The van der Waals surface area contributed by atoms with Crippen LogP contribution in [0.3, 0.4) is 0 Å². The molecule has 5 nitrogen and oxygen atoms in total. The Hall–Kier alpha value is -3.42. The first-order chi connectivity index (χ1) is 15.7. The molecule has 1 unspecified atom stereocenters. The molecule has 2 N–H and O–H groups in total. The SMILES string of the molecule is C=C1Nc2ccccc2N=C(NC(=O)CSc2nc3ccccc3s2)C1c1ccccc1. The molecule has 32 heavy (non-hydrogen) atoms. The minimum Gasteiger partial charge on any atom is -0.357 e. The van der Waals surface area contributed by atoms with Gasteiger partial charge in [0.05, 0.1) is 33.3 Å². The minimum atomic E-state index is -0.278. The number of aliphatic imine (C=N–C) groups is 1. The topological polar surface area (TPSA) is 66.4 Å². The average Bonchev–Trinajstić information content (AvgIpc) is 3.17. The van der Waals surface area contributed by atoms with E-state index in [0.29, 0.717) is 5.84 Å². The second kappa shape index (κ2) is 8.98. The highest BCUT2D eigenvalue weighted by Crippen LogP contribution is 2.35. The molecule has 1 atom stereocenters. The molecule has 2 heterocycles. The Morgan fingerprint density at radius 3 is 2.62 bits per heavy atom. The van der Waals surface area contributed by atoms with Gasteiger partial charge in [-0.2, -0.15) is 0 Å². The first kappa shape index (κ1) is 20.5.